The average molecular weight is 277 g/mol. The summed E-state index contributed by atoms with van der Waals surface area (Å²) >= 11 is 5.94. The zero-order valence-electron chi connectivity index (χ0n) is 10.1. The second-order valence-corrected chi connectivity index (χ2v) is 4.25. The smallest absolute Gasteiger partial charge is 0.271 e. The number of hydrazine groups is 1. The monoisotopic (exact) mass is 276 g/mol. The zero-order valence-corrected chi connectivity index (χ0v) is 10.8. The van der Waals surface area contributed by atoms with Gasteiger partial charge in [-0.3, -0.25) is 4.79 Å². The lowest BCUT2D eigenvalue weighted by molar-refractivity contribution is 0.0946. The molecule has 0 aliphatic carbocycles. The van der Waals surface area contributed by atoms with Crippen LogP contribution in [0.2, 0.25) is 5.02 Å². The number of nitrogens with two attached hydrogens (primary N) is 1. The van der Waals surface area contributed by atoms with Crippen LogP contribution < -0.4 is 16.6 Å². The molecule has 1 heterocycles. The molecule has 1 amide bonds. The van der Waals surface area contributed by atoms with E-state index in [1.807, 2.05) is 30.3 Å². The van der Waals surface area contributed by atoms with Gasteiger partial charge in [-0.15, -0.1) is 0 Å². The second-order valence-electron chi connectivity index (χ2n) is 3.84. The number of carbonyl (C=O) groups is 1. The van der Waals surface area contributed by atoms with Crippen molar-refractivity contribution in [3.63, 3.8) is 0 Å². The zero-order chi connectivity index (χ0) is 13.7. The third kappa shape index (κ3) is 3.43. The Labute approximate surface area is 115 Å². The number of rotatable bonds is 4. The first-order chi connectivity index (χ1) is 9.20. The van der Waals surface area contributed by atoms with Crippen LogP contribution in [0, 0.1) is 0 Å². The summed E-state index contributed by atoms with van der Waals surface area (Å²) < 4.78 is 0. The van der Waals surface area contributed by atoms with E-state index in [1.165, 1.54) is 0 Å². The van der Waals surface area contributed by atoms with Crippen molar-refractivity contribution in [2.24, 2.45) is 5.84 Å². The number of nitrogens with one attached hydrogen (secondary N) is 2. The maximum Gasteiger partial charge on any atom is 0.271 e. The highest BCUT2D eigenvalue weighted by atomic mass is 35.5. The van der Waals surface area contributed by atoms with Crippen molar-refractivity contribution in [3.8, 4) is 0 Å². The maximum atomic E-state index is 12.0. The Morgan fingerprint density at radius 3 is 2.63 bits per heavy atom. The summed E-state index contributed by atoms with van der Waals surface area (Å²) in [4.78, 5) is 16.0. The molecule has 0 spiro atoms. The van der Waals surface area contributed by atoms with Crippen molar-refractivity contribution in [2.45, 2.75) is 6.54 Å². The molecule has 1 aromatic carbocycles. The van der Waals surface area contributed by atoms with Gasteiger partial charge in [0.05, 0.1) is 5.02 Å². The predicted molar refractivity (Wildman–Crippen MR) is 74.7 cm³/mol. The van der Waals surface area contributed by atoms with Crippen LogP contribution >= 0.6 is 11.6 Å². The summed E-state index contributed by atoms with van der Waals surface area (Å²) in [5.41, 5.74) is 3.52. The summed E-state index contributed by atoms with van der Waals surface area (Å²) in [6.45, 7) is 0.415. The van der Waals surface area contributed by atoms with Crippen LogP contribution in [0.3, 0.4) is 0 Å². The molecule has 0 aliphatic heterocycles. The van der Waals surface area contributed by atoms with Crippen LogP contribution in [0.5, 0.6) is 0 Å². The Morgan fingerprint density at radius 1 is 1.21 bits per heavy atom. The Kier molecular flexibility index (Phi) is 4.33. The van der Waals surface area contributed by atoms with E-state index in [0.29, 0.717) is 12.4 Å². The highest BCUT2D eigenvalue weighted by Crippen LogP contribution is 2.16. The third-order valence-electron chi connectivity index (χ3n) is 2.50. The van der Waals surface area contributed by atoms with E-state index in [1.54, 1.807) is 12.1 Å². The SMILES string of the molecule is NNc1ccc(Cl)c(C(=O)NCc2ccccc2)n1. The van der Waals surface area contributed by atoms with Gasteiger partial charge in [0, 0.05) is 6.54 Å². The lowest BCUT2D eigenvalue weighted by Crippen LogP contribution is -2.24. The molecule has 0 atom stereocenters. The van der Waals surface area contributed by atoms with E-state index in [9.17, 15) is 4.79 Å². The summed E-state index contributed by atoms with van der Waals surface area (Å²) in [5.74, 6) is 5.29. The van der Waals surface area contributed by atoms with Gasteiger partial charge < -0.3 is 10.7 Å². The molecule has 0 bridgehead atoms. The van der Waals surface area contributed by atoms with Crippen molar-refractivity contribution < 1.29 is 4.79 Å². The summed E-state index contributed by atoms with van der Waals surface area (Å²) in [6, 6.07) is 12.7. The fourth-order valence-corrected chi connectivity index (χ4v) is 1.73. The fourth-order valence-electron chi connectivity index (χ4n) is 1.54. The van der Waals surface area contributed by atoms with Crippen molar-refractivity contribution >= 4 is 23.3 Å². The van der Waals surface area contributed by atoms with Gasteiger partial charge in [0.25, 0.3) is 5.91 Å². The van der Waals surface area contributed by atoms with Crippen LogP contribution in [0.25, 0.3) is 0 Å². The molecule has 0 aliphatic rings. The van der Waals surface area contributed by atoms with Crippen molar-refractivity contribution in [1.29, 1.82) is 0 Å². The fraction of sp³-hybridized carbons (Fsp3) is 0.0769. The molecule has 1 aromatic heterocycles. The number of hydrogen-bond acceptors (Lipinski definition) is 4. The van der Waals surface area contributed by atoms with Gasteiger partial charge >= 0.3 is 0 Å². The molecule has 0 radical (unpaired) electrons. The molecule has 0 fully saturated rings. The molecule has 2 rings (SSSR count). The van der Waals surface area contributed by atoms with E-state index >= 15 is 0 Å². The Bertz CT molecular complexity index is 574. The largest absolute Gasteiger partial charge is 0.347 e. The molecule has 19 heavy (non-hydrogen) atoms. The van der Waals surface area contributed by atoms with E-state index < -0.39 is 0 Å². The number of amides is 1. The van der Waals surface area contributed by atoms with Crippen molar-refractivity contribution in [2.75, 3.05) is 5.43 Å². The third-order valence-corrected chi connectivity index (χ3v) is 2.81. The minimum atomic E-state index is -0.342. The van der Waals surface area contributed by atoms with Crippen LogP contribution in [0.4, 0.5) is 5.82 Å². The van der Waals surface area contributed by atoms with Crippen LogP contribution in [0.1, 0.15) is 16.1 Å². The van der Waals surface area contributed by atoms with Crippen LogP contribution in [0.15, 0.2) is 42.5 Å². The predicted octanol–water partition coefficient (Wildman–Crippen LogP) is 1.95. The Hall–Kier alpha value is -2.11. The topological polar surface area (TPSA) is 80.0 Å². The van der Waals surface area contributed by atoms with Gasteiger partial charge in [-0.05, 0) is 17.7 Å². The van der Waals surface area contributed by atoms with Crippen molar-refractivity contribution in [3.05, 3.63) is 58.7 Å². The maximum absolute atomic E-state index is 12.0. The molecule has 2 aromatic rings. The second kappa shape index (κ2) is 6.17. The van der Waals surface area contributed by atoms with Gasteiger partial charge in [-0.1, -0.05) is 41.9 Å². The summed E-state index contributed by atoms with van der Waals surface area (Å²) in [5, 5.41) is 3.03. The van der Waals surface area contributed by atoms with Crippen LogP contribution in [-0.2, 0) is 6.54 Å². The molecule has 0 saturated heterocycles. The highest BCUT2D eigenvalue weighted by molar-refractivity contribution is 6.33. The molecule has 6 heteroatoms. The van der Waals surface area contributed by atoms with Gasteiger partial charge in [-0.2, -0.15) is 0 Å². The molecular weight excluding hydrogens is 264 g/mol. The number of pyridine rings is 1. The lowest BCUT2D eigenvalue weighted by atomic mass is 10.2. The molecule has 0 unspecified atom stereocenters. The summed E-state index contributed by atoms with van der Waals surface area (Å²) in [6.07, 6.45) is 0. The van der Waals surface area contributed by atoms with Gasteiger partial charge in [0.1, 0.15) is 11.5 Å². The lowest BCUT2D eigenvalue weighted by Gasteiger charge is -2.07. The Balaban J connectivity index is 2.08. The first-order valence-electron chi connectivity index (χ1n) is 5.66. The number of aromatic nitrogens is 1. The first kappa shape index (κ1) is 13.3. The number of benzene rings is 1. The highest BCUT2D eigenvalue weighted by Gasteiger charge is 2.12. The first-order valence-corrected chi connectivity index (χ1v) is 6.04. The quantitative estimate of drug-likeness (QED) is 0.589. The van der Waals surface area contributed by atoms with E-state index in [2.05, 4.69) is 15.7 Å². The standard InChI is InChI=1S/C13H13ClN4O/c14-10-6-7-11(18-15)17-12(10)13(19)16-8-9-4-2-1-3-5-9/h1-7H,8,15H2,(H,16,19)(H,17,18). The number of nitrogen functional groups attached to an aromatic ring is 1. The number of carbonyl (C=O) groups excluding carboxylic acids is 1. The van der Waals surface area contributed by atoms with Crippen LogP contribution in [-0.4, -0.2) is 10.9 Å². The molecular formula is C13H13ClN4O. The van der Waals surface area contributed by atoms with Gasteiger partial charge in [0.15, 0.2) is 0 Å². The van der Waals surface area contributed by atoms with Crippen molar-refractivity contribution in [1.82, 2.24) is 10.3 Å². The van der Waals surface area contributed by atoms with Gasteiger partial charge in [0.2, 0.25) is 0 Å². The minimum absolute atomic E-state index is 0.146. The molecule has 4 N–H and O–H groups in total. The van der Waals surface area contributed by atoms with E-state index in [0.717, 1.165) is 5.56 Å². The number of halogens is 1. The Morgan fingerprint density at radius 2 is 1.95 bits per heavy atom. The minimum Gasteiger partial charge on any atom is -0.347 e. The molecule has 5 nitrogen and oxygen atoms in total. The molecule has 0 saturated carbocycles. The summed E-state index contributed by atoms with van der Waals surface area (Å²) in [7, 11) is 0. The normalized spacial score (nSPS) is 10.0. The van der Waals surface area contributed by atoms with E-state index in [4.69, 9.17) is 17.4 Å². The van der Waals surface area contributed by atoms with E-state index in [-0.39, 0.29) is 16.6 Å². The molecule has 98 valence electrons. The number of nitrogens with zero attached hydrogens (tertiary/aromatic N) is 1. The number of hydrogen-bond donors (Lipinski definition) is 3. The number of anilines is 1. The average Bonchev–Trinajstić information content (AvgIpc) is 2.46. The van der Waals surface area contributed by atoms with Gasteiger partial charge in [-0.25, -0.2) is 10.8 Å².